The molecule has 1 atom stereocenters. The molecule has 0 unspecified atom stereocenters. The fourth-order valence-electron chi connectivity index (χ4n) is 4.91. The summed E-state index contributed by atoms with van der Waals surface area (Å²) >= 11 is 0. The molecule has 29 heavy (non-hydrogen) atoms. The third kappa shape index (κ3) is 4.18. The molecule has 1 saturated heterocycles. The summed E-state index contributed by atoms with van der Waals surface area (Å²) in [6.07, 6.45) is 3.17. The topological polar surface area (TPSA) is 28.1 Å². The summed E-state index contributed by atoms with van der Waals surface area (Å²) in [7, 11) is 0. The Bertz CT molecular complexity index is 866. The average Bonchev–Trinajstić information content (AvgIpc) is 2.73. The van der Waals surface area contributed by atoms with Crippen LogP contribution in [0, 0.1) is 0 Å². The van der Waals surface area contributed by atoms with Crippen molar-refractivity contribution in [2.75, 3.05) is 42.6 Å². The van der Waals surface area contributed by atoms with Gasteiger partial charge in [0.1, 0.15) is 0 Å². The van der Waals surface area contributed by atoms with Gasteiger partial charge in [-0.05, 0) is 80.6 Å². The van der Waals surface area contributed by atoms with Crippen LogP contribution in [0.4, 0.5) is 17.1 Å². The van der Waals surface area contributed by atoms with Gasteiger partial charge in [0.2, 0.25) is 0 Å². The molecule has 2 aromatic rings. The molecule has 4 rings (SSSR count). The highest BCUT2D eigenvalue weighted by molar-refractivity contribution is 5.84. The molecule has 0 aliphatic carbocycles. The maximum atomic E-state index is 5.44. The van der Waals surface area contributed by atoms with Gasteiger partial charge in [-0.15, -0.1) is 0 Å². The molecular formula is C25H33N3O. The predicted octanol–water partition coefficient (Wildman–Crippen LogP) is 5.39. The summed E-state index contributed by atoms with van der Waals surface area (Å²) in [5.74, 6) is 0.559. The smallest absolute Gasteiger partial charge is 0.0642 e. The SMILES string of the molecule is CCN1c2ccc(C=Nc3ccc(N4CCOCC4)cc3)cc2[C@@H](C)CC1(C)C. The van der Waals surface area contributed by atoms with Gasteiger partial charge in [0.05, 0.1) is 18.9 Å². The van der Waals surface area contributed by atoms with Crippen LogP contribution in [-0.2, 0) is 4.74 Å². The van der Waals surface area contributed by atoms with Crippen LogP contribution >= 0.6 is 0 Å². The molecule has 0 radical (unpaired) electrons. The van der Waals surface area contributed by atoms with Gasteiger partial charge in [-0.3, -0.25) is 4.99 Å². The summed E-state index contributed by atoms with van der Waals surface area (Å²) in [6, 6.07) is 15.3. The Morgan fingerprint density at radius 2 is 1.83 bits per heavy atom. The maximum Gasteiger partial charge on any atom is 0.0642 e. The quantitative estimate of drug-likeness (QED) is 0.655. The van der Waals surface area contributed by atoms with Crippen molar-refractivity contribution in [2.45, 2.75) is 45.6 Å². The largest absolute Gasteiger partial charge is 0.378 e. The lowest BCUT2D eigenvalue weighted by atomic mass is 9.79. The molecule has 4 heteroatoms. The summed E-state index contributed by atoms with van der Waals surface area (Å²) in [5.41, 5.74) is 6.44. The van der Waals surface area contributed by atoms with Gasteiger partial charge in [0.25, 0.3) is 0 Å². The van der Waals surface area contributed by atoms with E-state index in [9.17, 15) is 0 Å². The average molecular weight is 392 g/mol. The zero-order valence-corrected chi connectivity index (χ0v) is 18.2. The zero-order valence-electron chi connectivity index (χ0n) is 18.2. The second-order valence-electron chi connectivity index (χ2n) is 8.85. The summed E-state index contributed by atoms with van der Waals surface area (Å²) in [4.78, 5) is 9.62. The first-order chi connectivity index (χ1) is 14.0. The Hall–Kier alpha value is -2.33. The monoisotopic (exact) mass is 391 g/mol. The third-order valence-electron chi connectivity index (χ3n) is 6.31. The molecule has 0 spiro atoms. The number of benzene rings is 2. The first kappa shape index (κ1) is 20.0. The number of fused-ring (bicyclic) bond motifs is 1. The van der Waals surface area contributed by atoms with Crippen LogP contribution in [0.25, 0.3) is 0 Å². The number of nitrogens with zero attached hydrogens (tertiary/aromatic N) is 3. The van der Waals surface area contributed by atoms with Crippen molar-refractivity contribution in [3.63, 3.8) is 0 Å². The zero-order chi connectivity index (χ0) is 20.4. The van der Waals surface area contributed by atoms with Crippen LogP contribution in [0.2, 0.25) is 0 Å². The van der Waals surface area contributed by atoms with Crippen LogP contribution in [0.3, 0.4) is 0 Å². The number of hydrogen-bond donors (Lipinski definition) is 0. The van der Waals surface area contributed by atoms with E-state index < -0.39 is 0 Å². The molecule has 2 aromatic carbocycles. The van der Waals surface area contributed by atoms with Gasteiger partial charge in [-0.25, -0.2) is 0 Å². The van der Waals surface area contributed by atoms with Gasteiger partial charge in [0.15, 0.2) is 0 Å². The van der Waals surface area contributed by atoms with E-state index in [-0.39, 0.29) is 5.54 Å². The fraction of sp³-hybridized carbons (Fsp3) is 0.480. The highest BCUT2D eigenvalue weighted by Crippen LogP contribution is 2.43. The molecule has 0 saturated carbocycles. The van der Waals surface area contributed by atoms with Crippen LogP contribution in [0.1, 0.15) is 51.2 Å². The molecule has 2 aliphatic rings. The van der Waals surface area contributed by atoms with E-state index in [2.05, 4.69) is 80.0 Å². The Kier molecular flexibility index (Phi) is 5.64. The Morgan fingerprint density at radius 1 is 1.10 bits per heavy atom. The second kappa shape index (κ2) is 8.19. The molecule has 154 valence electrons. The molecule has 4 nitrogen and oxygen atoms in total. The molecule has 0 N–H and O–H groups in total. The summed E-state index contributed by atoms with van der Waals surface area (Å²) in [6.45, 7) is 13.9. The first-order valence-electron chi connectivity index (χ1n) is 10.9. The van der Waals surface area contributed by atoms with E-state index in [0.29, 0.717) is 5.92 Å². The summed E-state index contributed by atoms with van der Waals surface area (Å²) in [5, 5.41) is 0. The lowest BCUT2D eigenvalue weighted by Crippen LogP contribution is -2.48. The van der Waals surface area contributed by atoms with Gasteiger partial charge < -0.3 is 14.5 Å². The normalized spacial score (nSPS) is 21.4. The van der Waals surface area contributed by atoms with Crippen molar-refractivity contribution in [3.8, 4) is 0 Å². The van der Waals surface area contributed by atoms with Gasteiger partial charge in [-0.1, -0.05) is 13.0 Å². The first-order valence-corrected chi connectivity index (χ1v) is 10.9. The highest BCUT2D eigenvalue weighted by atomic mass is 16.5. The van der Waals surface area contributed by atoms with Crippen molar-refractivity contribution < 1.29 is 4.74 Å². The van der Waals surface area contributed by atoms with Crippen LogP contribution in [0.5, 0.6) is 0 Å². The predicted molar refractivity (Wildman–Crippen MR) is 123 cm³/mol. The van der Waals surface area contributed by atoms with Gasteiger partial charge in [0, 0.05) is 42.8 Å². The van der Waals surface area contributed by atoms with Crippen LogP contribution in [-0.4, -0.2) is 44.6 Å². The second-order valence-corrected chi connectivity index (χ2v) is 8.85. The van der Waals surface area contributed by atoms with Crippen molar-refractivity contribution in [3.05, 3.63) is 53.6 Å². The highest BCUT2D eigenvalue weighted by Gasteiger charge is 2.35. The molecule has 0 aromatic heterocycles. The molecule has 0 bridgehead atoms. The molecular weight excluding hydrogens is 358 g/mol. The Labute approximate surface area is 175 Å². The van der Waals surface area contributed by atoms with Crippen LogP contribution in [0.15, 0.2) is 47.5 Å². The minimum atomic E-state index is 0.207. The van der Waals surface area contributed by atoms with Crippen molar-refractivity contribution in [2.24, 2.45) is 4.99 Å². The maximum absolute atomic E-state index is 5.44. The molecule has 2 heterocycles. The van der Waals surface area contributed by atoms with Crippen molar-refractivity contribution in [1.29, 1.82) is 0 Å². The third-order valence-corrected chi connectivity index (χ3v) is 6.31. The number of aliphatic imine (C=N–C) groups is 1. The van der Waals surface area contributed by atoms with Crippen molar-refractivity contribution >= 4 is 23.3 Å². The van der Waals surface area contributed by atoms with E-state index in [1.807, 2.05) is 6.21 Å². The number of morpholine rings is 1. The van der Waals surface area contributed by atoms with E-state index in [1.54, 1.807) is 0 Å². The summed E-state index contributed by atoms with van der Waals surface area (Å²) < 4.78 is 5.44. The van der Waals surface area contributed by atoms with Gasteiger partial charge >= 0.3 is 0 Å². The Morgan fingerprint density at radius 3 is 2.52 bits per heavy atom. The fourth-order valence-corrected chi connectivity index (χ4v) is 4.91. The van der Waals surface area contributed by atoms with E-state index >= 15 is 0 Å². The molecule has 2 aliphatic heterocycles. The number of rotatable bonds is 4. The van der Waals surface area contributed by atoms with Crippen molar-refractivity contribution in [1.82, 2.24) is 0 Å². The lowest BCUT2D eigenvalue weighted by molar-refractivity contribution is 0.122. The number of hydrogen-bond acceptors (Lipinski definition) is 4. The minimum Gasteiger partial charge on any atom is -0.378 e. The number of ether oxygens (including phenoxy) is 1. The molecule has 0 amide bonds. The number of anilines is 2. The van der Waals surface area contributed by atoms with E-state index in [4.69, 9.17) is 9.73 Å². The van der Waals surface area contributed by atoms with Gasteiger partial charge in [-0.2, -0.15) is 0 Å². The standard InChI is InChI=1S/C25H33N3O/c1-5-28-24-11-6-20(16-23(24)19(2)17-25(28,3)4)18-26-21-7-9-22(10-8-21)27-12-14-29-15-13-27/h6-11,16,18-19H,5,12-15,17H2,1-4H3/t19-/m0/s1. The lowest BCUT2D eigenvalue weighted by Gasteiger charge is -2.47. The minimum absolute atomic E-state index is 0.207. The Balaban J connectivity index is 1.51. The van der Waals surface area contributed by atoms with E-state index in [1.165, 1.54) is 28.9 Å². The molecule has 1 fully saturated rings. The van der Waals surface area contributed by atoms with Crippen LogP contribution < -0.4 is 9.80 Å². The van der Waals surface area contributed by atoms with E-state index in [0.717, 1.165) is 38.5 Å².